The fourth-order valence-electron chi connectivity index (χ4n) is 4.15. The molecule has 11 heteroatoms. The van der Waals surface area contributed by atoms with Crippen LogP contribution in [0.1, 0.15) is 32.0 Å². The first-order valence-electron chi connectivity index (χ1n) is 12.6. The third-order valence-corrected chi connectivity index (χ3v) is 7.64. The molecule has 0 spiro atoms. The van der Waals surface area contributed by atoms with E-state index in [9.17, 15) is 22.8 Å². The molecule has 4 aromatic carbocycles. The average molecular weight is 568 g/mol. The van der Waals surface area contributed by atoms with Gasteiger partial charge in [0.1, 0.15) is 0 Å². The number of aryl methyl sites for hydroxylation is 1. The second-order valence-corrected chi connectivity index (χ2v) is 10.9. The lowest BCUT2D eigenvalue weighted by Gasteiger charge is -2.13. The van der Waals surface area contributed by atoms with Crippen molar-refractivity contribution in [1.82, 2.24) is 20.6 Å². The Bertz CT molecular complexity index is 1920. The molecule has 2 amide bonds. The minimum Gasteiger partial charge on any atom is -0.280 e. The van der Waals surface area contributed by atoms with Crippen molar-refractivity contribution in [3.8, 4) is 0 Å². The molecule has 0 bridgehead atoms. The van der Waals surface area contributed by atoms with Crippen molar-refractivity contribution in [3.05, 3.63) is 136 Å². The highest BCUT2D eigenvalue weighted by molar-refractivity contribution is 7.92. The molecule has 0 atom stereocenters. The molecule has 0 fully saturated rings. The number of nitrogens with zero attached hydrogens (tertiary/aromatic N) is 2. The van der Waals surface area contributed by atoms with E-state index >= 15 is 0 Å². The van der Waals surface area contributed by atoms with Crippen LogP contribution in [0.4, 0.5) is 5.69 Å². The van der Waals surface area contributed by atoms with Crippen LogP contribution in [0.5, 0.6) is 0 Å². The summed E-state index contributed by atoms with van der Waals surface area (Å²) in [5.41, 5.74) is 6.39. The zero-order valence-electron chi connectivity index (χ0n) is 21.9. The lowest BCUT2D eigenvalue weighted by atomic mass is 10.1. The van der Waals surface area contributed by atoms with Crippen molar-refractivity contribution in [2.24, 2.45) is 0 Å². The summed E-state index contributed by atoms with van der Waals surface area (Å²) in [7, 11) is -3.98. The molecular weight excluding hydrogens is 542 g/mol. The Morgan fingerprint density at radius 1 is 0.780 bits per heavy atom. The highest BCUT2D eigenvalue weighted by Gasteiger charge is 2.20. The number of nitrogens with one attached hydrogen (secondary N) is 3. The Morgan fingerprint density at radius 2 is 1.44 bits per heavy atom. The summed E-state index contributed by atoms with van der Waals surface area (Å²) in [6.07, 6.45) is 0. The normalized spacial score (nSPS) is 11.1. The third kappa shape index (κ3) is 6.15. The maximum Gasteiger partial charge on any atom is 0.290 e. The molecule has 0 aliphatic carbocycles. The van der Waals surface area contributed by atoms with Crippen molar-refractivity contribution in [2.75, 3.05) is 4.72 Å². The van der Waals surface area contributed by atoms with E-state index < -0.39 is 21.8 Å². The topological polar surface area (TPSA) is 139 Å². The minimum absolute atomic E-state index is 0.00365. The van der Waals surface area contributed by atoms with Gasteiger partial charge in [0.15, 0.2) is 5.69 Å². The van der Waals surface area contributed by atoms with E-state index in [-0.39, 0.29) is 28.3 Å². The fourth-order valence-corrected chi connectivity index (χ4v) is 5.26. The molecule has 0 aliphatic rings. The fraction of sp³-hybridized carbons (Fsp3) is 0.0667. The van der Waals surface area contributed by atoms with Gasteiger partial charge in [0.2, 0.25) is 0 Å². The lowest BCUT2D eigenvalue weighted by molar-refractivity contribution is 0.0843. The molecule has 5 rings (SSSR count). The van der Waals surface area contributed by atoms with Crippen LogP contribution in [0, 0.1) is 6.92 Å². The second kappa shape index (κ2) is 11.4. The van der Waals surface area contributed by atoms with Crippen LogP contribution in [0.2, 0.25) is 0 Å². The number of carbonyl (C=O) groups excluding carboxylic acids is 2. The van der Waals surface area contributed by atoms with E-state index in [0.29, 0.717) is 16.5 Å². The van der Waals surface area contributed by atoms with Crippen molar-refractivity contribution >= 4 is 38.3 Å². The molecule has 41 heavy (non-hydrogen) atoms. The van der Waals surface area contributed by atoms with Gasteiger partial charge in [-0.05, 0) is 48.9 Å². The minimum atomic E-state index is -3.98. The number of hydrazine groups is 1. The largest absolute Gasteiger partial charge is 0.290 e. The maximum atomic E-state index is 13.2. The number of amides is 2. The van der Waals surface area contributed by atoms with Crippen molar-refractivity contribution in [3.63, 3.8) is 0 Å². The van der Waals surface area contributed by atoms with Crippen LogP contribution in [-0.2, 0) is 16.6 Å². The summed E-state index contributed by atoms with van der Waals surface area (Å²) in [5.74, 6) is -1.49. The molecule has 5 aromatic rings. The Labute approximate surface area is 235 Å². The molecule has 0 radical (unpaired) electrons. The number of sulfonamides is 1. The standard InChI is InChI=1S/C30H25N5O5S/c1-20-14-16-23(17-15-20)34-41(39,40)24-11-7-10-22(18-24)28(36)31-32-29(37)27-25-12-5-6-13-26(25)30(38)35(33-27)19-21-8-3-2-4-9-21/h2-18,34H,19H2,1H3,(H,31,36)(H,32,37). The van der Waals surface area contributed by atoms with Crippen LogP contribution in [0.25, 0.3) is 10.8 Å². The van der Waals surface area contributed by atoms with Crippen molar-refractivity contribution in [2.45, 2.75) is 18.4 Å². The zero-order chi connectivity index (χ0) is 29.0. The molecular formula is C30H25N5O5S. The molecule has 3 N–H and O–H groups in total. The second-order valence-electron chi connectivity index (χ2n) is 9.25. The molecule has 0 saturated heterocycles. The molecule has 0 aliphatic heterocycles. The smallest absolute Gasteiger partial charge is 0.280 e. The van der Waals surface area contributed by atoms with Crippen LogP contribution < -0.4 is 21.1 Å². The number of hydrogen-bond donors (Lipinski definition) is 3. The molecule has 1 heterocycles. The third-order valence-electron chi connectivity index (χ3n) is 6.26. The summed E-state index contributed by atoms with van der Waals surface area (Å²) in [4.78, 5) is 38.9. The number of benzene rings is 4. The van der Waals surface area contributed by atoms with Gasteiger partial charge >= 0.3 is 0 Å². The molecule has 0 saturated carbocycles. The van der Waals surface area contributed by atoms with Gasteiger partial charge in [-0.25, -0.2) is 13.1 Å². The van der Waals surface area contributed by atoms with E-state index in [1.807, 2.05) is 37.3 Å². The van der Waals surface area contributed by atoms with Gasteiger partial charge in [0, 0.05) is 16.6 Å². The van der Waals surface area contributed by atoms with Gasteiger partial charge < -0.3 is 0 Å². The molecule has 0 unspecified atom stereocenters. The van der Waals surface area contributed by atoms with Crippen LogP contribution in [-0.4, -0.2) is 30.0 Å². The van der Waals surface area contributed by atoms with Gasteiger partial charge in [0.05, 0.1) is 16.8 Å². The Morgan fingerprint density at radius 3 is 2.17 bits per heavy atom. The summed E-state index contributed by atoms with van der Waals surface area (Å²) in [6, 6.07) is 28.0. The Balaban J connectivity index is 1.35. The van der Waals surface area contributed by atoms with Gasteiger partial charge in [0.25, 0.3) is 27.4 Å². The average Bonchev–Trinajstić information content (AvgIpc) is 2.99. The number of anilines is 1. The van der Waals surface area contributed by atoms with E-state index in [0.717, 1.165) is 11.1 Å². The van der Waals surface area contributed by atoms with Crippen LogP contribution in [0.3, 0.4) is 0 Å². The van der Waals surface area contributed by atoms with E-state index in [1.54, 1.807) is 48.5 Å². The maximum absolute atomic E-state index is 13.2. The van der Waals surface area contributed by atoms with Crippen molar-refractivity contribution < 1.29 is 18.0 Å². The van der Waals surface area contributed by atoms with Crippen molar-refractivity contribution in [1.29, 1.82) is 0 Å². The summed E-state index contributed by atoms with van der Waals surface area (Å²) >= 11 is 0. The first-order valence-corrected chi connectivity index (χ1v) is 14.0. The van der Waals surface area contributed by atoms with Gasteiger partial charge in [-0.3, -0.25) is 30.0 Å². The number of aromatic nitrogens is 2. The summed E-state index contributed by atoms with van der Waals surface area (Å²) in [5, 5.41) is 4.91. The van der Waals surface area contributed by atoms with Crippen LogP contribution >= 0.6 is 0 Å². The quantitative estimate of drug-likeness (QED) is 0.257. The predicted octanol–water partition coefficient (Wildman–Crippen LogP) is 3.63. The first kappa shape index (κ1) is 27.3. The Kier molecular flexibility index (Phi) is 7.61. The number of hydrogen-bond acceptors (Lipinski definition) is 6. The molecule has 1 aromatic heterocycles. The van der Waals surface area contributed by atoms with Gasteiger partial charge in [-0.15, -0.1) is 0 Å². The monoisotopic (exact) mass is 567 g/mol. The summed E-state index contributed by atoms with van der Waals surface area (Å²) in [6.45, 7) is 2.04. The van der Waals surface area contributed by atoms with E-state index in [4.69, 9.17) is 0 Å². The van der Waals surface area contributed by atoms with E-state index in [1.165, 1.54) is 28.9 Å². The van der Waals surface area contributed by atoms with Gasteiger partial charge in [-0.1, -0.05) is 72.3 Å². The predicted molar refractivity (Wildman–Crippen MR) is 155 cm³/mol. The molecule has 206 valence electrons. The first-order chi connectivity index (χ1) is 19.7. The highest BCUT2D eigenvalue weighted by atomic mass is 32.2. The summed E-state index contributed by atoms with van der Waals surface area (Å²) < 4.78 is 29.4. The number of rotatable bonds is 7. The number of carbonyl (C=O) groups is 2. The number of fused-ring (bicyclic) bond motifs is 1. The lowest BCUT2D eigenvalue weighted by Crippen LogP contribution is -2.43. The highest BCUT2D eigenvalue weighted by Crippen LogP contribution is 2.18. The SMILES string of the molecule is Cc1ccc(NS(=O)(=O)c2cccc(C(=O)NNC(=O)c3nn(Cc4ccccc4)c(=O)c4ccccc34)c2)cc1. The van der Waals surface area contributed by atoms with Gasteiger partial charge in [-0.2, -0.15) is 5.10 Å². The Hall–Kier alpha value is -5.29. The van der Waals surface area contributed by atoms with E-state index in [2.05, 4.69) is 20.7 Å². The zero-order valence-corrected chi connectivity index (χ0v) is 22.7. The molecule has 10 nitrogen and oxygen atoms in total. The van der Waals surface area contributed by atoms with Crippen LogP contribution in [0.15, 0.2) is 113 Å².